The number of hydrogen-bond donors (Lipinski definition) is 1. The summed E-state index contributed by atoms with van der Waals surface area (Å²) in [6.07, 6.45) is 0. The molecule has 4 aromatic rings. The molecule has 0 unspecified atom stereocenters. The molecule has 0 heterocycles. The first-order chi connectivity index (χ1) is 19.8. The van der Waals surface area contributed by atoms with Crippen LogP contribution in [0, 0.1) is 98.9 Å². The van der Waals surface area contributed by atoms with Crippen LogP contribution in [0.1, 0.15) is 16.7 Å². The summed E-state index contributed by atoms with van der Waals surface area (Å²) >= 11 is 0. The average Bonchev–Trinajstić information content (AvgIpc) is 3.25. The molecule has 18 heteroatoms. The summed E-state index contributed by atoms with van der Waals surface area (Å²) in [6.45, 7) is 0. The molecule has 0 amide bonds. The van der Waals surface area contributed by atoms with Crippen molar-refractivity contribution < 1.29 is 79.7 Å². The fourth-order valence-electron chi connectivity index (χ4n) is 4.82. The molecule has 0 saturated heterocycles. The summed E-state index contributed by atoms with van der Waals surface area (Å²) in [5.74, 6) is -52.3. The minimum Gasteiger partial charge on any atom is -0.376 e. The van der Waals surface area contributed by atoms with Gasteiger partial charge in [0.2, 0.25) is 5.82 Å². The second kappa shape index (κ2) is 9.32. The molecular formula is C25HF17O. The fraction of sp³-hybridized carbons (Fsp3) is 0.0400. The molecule has 226 valence electrons. The second-order valence-electron chi connectivity index (χ2n) is 8.67. The molecule has 4 aromatic carbocycles. The Bertz CT molecular complexity index is 1870. The average molecular weight is 640 g/mol. The Kier molecular flexibility index (Phi) is 6.53. The van der Waals surface area contributed by atoms with Gasteiger partial charge in [-0.3, -0.25) is 0 Å². The van der Waals surface area contributed by atoms with Gasteiger partial charge < -0.3 is 5.11 Å². The lowest BCUT2D eigenvalue weighted by Crippen LogP contribution is -2.33. The van der Waals surface area contributed by atoms with E-state index in [9.17, 15) is 62.2 Å². The van der Waals surface area contributed by atoms with E-state index >= 15 is 17.6 Å². The molecule has 0 fully saturated rings. The number of aliphatic hydroxyl groups is 1. The third-order valence-electron chi connectivity index (χ3n) is 6.60. The third kappa shape index (κ3) is 3.46. The fourth-order valence-corrected chi connectivity index (χ4v) is 4.82. The van der Waals surface area contributed by atoms with E-state index in [1.54, 1.807) is 0 Å². The zero-order chi connectivity index (χ0) is 32.4. The van der Waals surface area contributed by atoms with Crippen molar-refractivity contribution in [3.05, 3.63) is 116 Å². The highest BCUT2D eigenvalue weighted by Gasteiger charge is 2.57. The molecule has 0 atom stereocenters. The van der Waals surface area contributed by atoms with Crippen molar-refractivity contribution in [3.63, 3.8) is 0 Å². The molecule has 0 aromatic heterocycles. The van der Waals surface area contributed by atoms with Crippen LogP contribution in [0.15, 0.2) is 0 Å². The molecule has 1 nitrogen and oxygen atoms in total. The van der Waals surface area contributed by atoms with Crippen LogP contribution in [-0.2, 0) is 5.60 Å². The maximum atomic E-state index is 15.4. The predicted octanol–water partition coefficient (Wildman–Crippen LogP) is 7.98. The van der Waals surface area contributed by atoms with E-state index in [0.29, 0.717) is 0 Å². The smallest absolute Gasteiger partial charge is 0.200 e. The molecule has 0 spiro atoms. The summed E-state index contributed by atoms with van der Waals surface area (Å²) < 4.78 is 248. The van der Waals surface area contributed by atoms with Crippen molar-refractivity contribution >= 4 is 0 Å². The Morgan fingerprint density at radius 3 is 0.651 bits per heavy atom. The van der Waals surface area contributed by atoms with Crippen molar-refractivity contribution in [2.24, 2.45) is 0 Å². The standard InChI is InChI=1S/C25HF17O/c26-8-1-2-6(14(32)22(40)17(35)9(2)27)25(43,5(1)13(31)21(39)16(8)34)7-3(10(28)18(36)23(41)15(7)33)4-11(29)19(37)24(42)20(38)12(4)30/h43H. The largest absolute Gasteiger partial charge is 0.376 e. The normalized spacial score (nSPS) is 13.5. The minimum absolute atomic E-state index is 2.34. The lowest BCUT2D eigenvalue weighted by molar-refractivity contribution is 0.113. The van der Waals surface area contributed by atoms with Gasteiger partial charge in [-0.15, -0.1) is 0 Å². The van der Waals surface area contributed by atoms with E-state index in [4.69, 9.17) is 0 Å². The molecule has 5 rings (SSSR count). The van der Waals surface area contributed by atoms with Crippen molar-refractivity contribution in [1.29, 1.82) is 0 Å². The van der Waals surface area contributed by atoms with Gasteiger partial charge in [0.25, 0.3) is 0 Å². The highest BCUT2D eigenvalue weighted by atomic mass is 19.2. The van der Waals surface area contributed by atoms with Crippen LogP contribution >= 0.6 is 0 Å². The Hall–Kier alpha value is -4.35. The maximum absolute atomic E-state index is 15.4. The first kappa shape index (κ1) is 30.1. The summed E-state index contributed by atoms with van der Waals surface area (Å²) in [4.78, 5) is 0. The van der Waals surface area contributed by atoms with E-state index in [2.05, 4.69) is 0 Å². The first-order valence-corrected chi connectivity index (χ1v) is 10.7. The van der Waals surface area contributed by atoms with Crippen LogP contribution in [0.4, 0.5) is 74.6 Å². The Labute approximate surface area is 224 Å². The van der Waals surface area contributed by atoms with Gasteiger partial charge in [0.05, 0.1) is 5.56 Å². The van der Waals surface area contributed by atoms with E-state index in [1.807, 2.05) is 0 Å². The number of rotatable bonds is 2. The highest BCUT2D eigenvalue weighted by Crippen LogP contribution is 2.58. The van der Waals surface area contributed by atoms with E-state index in [1.165, 1.54) is 0 Å². The van der Waals surface area contributed by atoms with Gasteiger partial charge >= 0.3 is 0 Å². The van der Waals surface area contributed by atoms with Gasteiger partial charge in [-0.1, -0.05) is 0 Å². The van der Waals surface area contributed by atoms with E-state index in [0.717, 1.165) is 0 Å². The van der Waals surface area contributed by atoms with Gasteiger partial charge in [-0.2, -0.15) is 0 Å². The lowest BCUT2D eigenvalue weighted by Gasteiger charge is -2.30. The predicted molar refractivity (Wildman–Crippen MR) is 105 cm³/mol. The summed E-state index contributed by atoms with van der Waals surface area (Å²) in [7, 11) is 0. The van der Waals surface area contributed by atoms with E-state index < -0.39 is 143 Å². The quantitative estimate of drug-likeness (QED) is 0.134. The first-order valence-electron chi connectivity index (χ1n) is 10.7. The number of fused-ring (bicyclic) bond motifs is 3. The van der Waals surface area contributed by atoms with Gasteiger partial charge in [0.1, 0.15) is 0 Å². The van der Waals surface area contributed by atoms with Crippen molar-refractivity contribution in [2.45, 2.75) is 5.60 Å². The summed E-state index contributed by atoms with van der Waals surface area (Å²) in [5.41, 5.74) is -23.5. The van der Waals surface area contributed by atoms with Crippen LogP contribution in [0.2, 0.25) is 0 Å². The number of hydrogen-bond acceptors (Lipinski definition) is 1. The van der Waals surface area contributed by atoms with Crippen LogP contribution in [-0.4, -0.2) is 5.11 Å². The highest BCUT2D eigenvalue weighted by molar-refractivity contribution is 5.86. The van der Waals surface area contributed by atoms with Crippen molar-refractivity contribution in [2.75, 3.05) is 0 Å². The molecule has 0 radical (unpaired) electrons. The topological polar surface area (TPSA) is 20.2 Å². The summed E-state index contributed by atoms with van der Waals surface area (Å²) in [6, 6.07) is 0. The number of halogens is 17. The Morgan fingerprint density at radius 1 is 0.233 bits per heavy atom. The molecular weight excluding hydrogens is 639 g/mol. The van der Waals surface area contributed by atoms with Gasteiger partial charge in [-0.25, -0.2) is 74.6 Å². The maximum Gasteiger partial charge on any atom is 0.200 e. The Morgan fingerprint density at radius 2 is 0.395 bits per heavy atom. The molecule has 0 aliphatic heterocycles. The Balaban J connectivity index is 2.17. The molecule has 1 N–H and O–H groups in total. The third-order valence-corrected chi connectivity index (χ3v) is 6.60. The SMILES string of the molecule is OC1(c2c(F)c(F)c(F)c(F)c2-c2c(F)c(F)c(F)c(F)c2F)c2c(F)c(F)c(F)c(F)c2-c2c(F)c(F)c(F)c(F)c21. The van der Waals surface area contributed by atoms with Gasteiger partial charge in [0.15, 0.2) is 98.7 Å². The monoisotopic (exact) mass is 640 g/mol. The zero-order valence-corrected chi connectivity index (χ0v) is 19.4. The molecule has 0 bridgehead atoms. The molecule has 1 aliphatic rings. The van der Waals surface area contributed by atoms with Crippen LogP contribution < -0.4 is 0 Å². The van der Waals surface area contributed by atoms with Crippen LogP contribution in [0.3, 0.4) is 0 Å². The van der Waals surface area contributed by atoms with Crippen LogP contribution in [0.5, 0.6) is 0 Å². The number of benzene rings is 4. The van der Waals surface area contributed by atoms with Gasteiger partial charge in [-0.05, 0) is 0 Å². The van der Waals surface area contributed by atoms with Crippen molar-refractivity contribution in [1.82, 2.24) is 0 Å². The molecule has 0 saturated carbocycles. The molecule has 1 aliphatic carbocycles. The molecule has 43 heavy (non-hydrogen) atoms. The zero-order valence-electron chi connectivity index (χ0n) is 19.4. The summed E-state index contributed by atoms with van der Waals surface area (Å²) in [5, 5.41) is 11.5. The van der Waals surface area contributed by atoms with Crippen molar-refractivity contribution in [3.8, 4) is 22.3 Å². The van der Waals surface area contributed by atoms with E-state index in [-0.39, 0.29) is 0 Å². The second-order valence-corrected chi connectivity index (χ2v) is 8.67. The lowest BCUT2D eigenvalue weighted by atomic mass is 9.78. The van der Waals surface area contributed by atoms with Gasteiger partial charge in [0, 0.05) is 33.4 Å². The van der Waals surface area contributed by atoms with Crippen LogP contribution in [0.25, 0.3) is 22.3 Å². The minimum atomic E-state index is -5.03.